The molecule has 2 aromatic rings. The maximum absolute atomic E-state index is 9.10. The van der Waals surface area contributed by atoms with Crippen LogP contribution in [0.15, 0.2) is 54.6 Å². The van der Waals surface area contributed by atoms with Gasteiger partial charge in [0.25, 0.3) is 0 Å². The van der Waals surface area contributed by atoms with Crippen LogP contribution in [0.3, 0.4) is 0 Å². The van der Waals surface area contributed by atoms with E-state index in [1.165, 1.54) is 5.56 Å². The molecule has 0 saturated carbocycles. The van der Waals surface area contributed by atoms with E-state index < -0.39 is 0 Å². The predicted octanol–water partition coefficient (Wildman–Crippen LogP) is 2.41. The first-order valence-electron chi connectivity index (χ1n) is 4.21. The number of hydrogen-bond donors (Lipinski definition) is 1. The molecule has 0 unspecified atom stereocenters. The Morgan fingerprint density at radius 1 is 0.643 bits per heavy atom. The third-order valence-electron chi connectivity index (χ3n) is 1.97. The van der Waals surface area contributed by atoms with Gasteiger partial charge in [-0.15, -0.1) is 0 Å². The first-order chi connectivity index (χ1) is 6.36. The Morgan fingerprint density at radius 3 is 1.71 bits per heavy atom. The van der Waals surface area contributed by atoms with E-state index in [-0.39, 0.29) is 29.6 Å². The van der Waals surface area contributed by atoms with E-state index in [2.05, 4.69) is 0 Å². The third-order valence-corrected chi connectivity index (χ3v) is 1.97. The normalized spacial score (nSPS) is 9.14. The van der Waals surface area contributed by atoms with E-state index >= 15 is 0 Å². The molecule has 14 heavy (non-hydrogen) atoms. The molecule has 2 rings (SSSR count). The Labute approximate surface area is 106 Å². The summed E-state index contributed by atoms with van der Waals surface area (Å²) in [6.07, 6.45) is 0. The fraction of sp³-hybridized carbons (Fsp3) is 0. The molecule has 0 atom stereocenters. The van der Waals surface area contributed by atoms with Crippen LogP contribution >= 0.6 is 0 Å². The molecule has 0 aliphatic carbocycles. The van der Waals surface area contributed by atoms with E-state index in [4.69, 9.17) is 5.11 Å². The molecule has 1 nitrogen and oxygen atoms in total. The zero-order chi connectivity index (χ0) is 9.10. The first kappa shape index (κ1) is 11.3. The molecule has 1 N–H and O–H groups in total. The van der Waals surface area contributed by atoms with Crippen LogP contribution in [-0.2, 0) is 0 Å². The molecule has 66 valence electrons. The van der Waals surface area contributed by atoms with Crippen molar-refractivity contribution in [2.45, 2.75) is 0 Å². The molecular weight excluding hydrogens is 183 g/mol. The van der Waals surface area contributed by atoms with Gasteiger partial charge in [-0.05, 0) is 23.3 Å². The number of aromatic hydroxyl groups is 1. The molecular formula is C12H11NaO. The van der Waals surface area contributed by atoms with Crippen molar-refractivity contribution in [1.82, 2.24) is 0 Å². The quantitative estimate of drug-likeness (QED) is 0.691. The number of phenolic OH excluding ortho intramolecular Hbond substituents is 1. The number of benzene rings is 2. The molecule has 0 fully saturated rings. The monoisotopic (exact) mass is 194 g/mol. The maximum atomic E-state index is 9.10. The topological polar surface area (TPSA) is 20.2 Å². The number of hydrogen-bond acceptors (Lipinski definition) is 1. The summed E-state index contributed by atoms with van der Waals surface area (Å²) in [6, 6.07) is 17.3. The van der Waals surface area contributed by atoms with E-state index in [1.807, 2.05) is 42.5 Å². The van der Waals surface area contributed by atoms with Crippen molar-refractivity contribution >= 4 is 29.6 Å². The summed E-state index contributed by atoms with van der Waals surface area (Å²) in [5, 5.41) is 9.10. The Morgan fingerprint density at radius 2 is 1.14 bits per heavy atom. The minimum absolute atomic E-state index is 0. The molecule has 0 saturated heterocycles. The van der Waals surface area contributed by atoms with Crippen LogP contribution in [0, 0.1) is 0 Å². The van der Waals surface area contributed by atoms with E-state index in [1.54, 1.807) is 12.1 Å². The van der Waals surface area contributed by atoms with Gasteiger partial charge in [-0.25, -0.2) is 0 Å². The van der Waals surface area contributed by atoms with Gasteiger partial charge in [0.1, 0.15) is 5.75 Å². The van der Waals surface area contributed by atoms with Crippen molar-refractivity contribution in [1.29, 1.82) is 0 Å². The average Bonchev–Trinajstić information content (AvgIpc) is 2.20. The van der Waals surface area contributed by atoms with Crippen LogP contribution in [0.5, 0.6) is 5.75 Å². The zero-order valence-electron chi connectivity index (χ0n) is 7.14. The Bertz CT molecular complexity index is 381. The summed E-state index contributed by atoms with van der Waals surface area (Å²) in [4.78, 5) is 0. The number of phenols is 1. The average molecular weight is 194 g/mol. The summed E-state index contributed by atoms with van der Waals surface area (Å²) < 4.78 is 0. The van der Waals surface area contributed by atoms with Gasteiger partial charge < -0.3 is 5.11 Å². The van der Waals surface area contributed by atoms with E-state index in [9.17, 15) is 0 Å². The summed E-state index contributed by atoms with van der Waals surface area (Å²) >= 11 is 0. The molecule has 0 bridgehead atoms. The second-order valence-electron chi connectivity index (χ2n) is 2.91. The van der Waals surface area contributed by atoms with Gasteiger partial charge in [-0.2, -0.15) is 0 Å². The molecule has 0 amide bonds. The van der Waals surface area contributed by atoms with Crippen LogP contribution in [0.2, 0.25) is 0 Å². The van der Waals surface area contributed by atoms with Gasteiger partial charge in [0.05, 0.1) is 0 Å². The van der Waals surface area contributed by atoms with E-state index in [0.717, 1.165) is 5.56 Å². The van der Waals surface area contributed by atoms with Crippen LogP contribution in [0.4, 0.5) is 0 Å². The van der Waals surface area contributed by atoms with Crippen LogP contribution in [0.25, 0.3) is 11.1 Å². The third kappa shape index (κ3) is 2.61. The Kier molecular flexibility index (Phi) is 4.21. The van der Waals surface area contributed by atoms with Gasteiger partial charge >= 0.3 is 29.6 Å². The van der Waals surface area contributed by atoms with Gasteiger partial charge in [0.2, 0.25) is 0 Å². The van der Waals surface area contributed by atoms with Crippen LogP contribution in [0.1, 0.15) is 0 Å². The van der Waals surface area contributed by atoms with Gasteiger partial charge in [0.15, 0.2) is 0 Å². The van der Waals surface area contributed by atoms with E-state index in [0.29, 0.717) is 5.75 Å². The van der Waals surface area contributed by atoms with Crippen molar-refractivity contribution in [3.05, 3.63) is 54.6 Å². The van der Waals surface area contributed by atoms with Crippen molar-refractivity contribution < 1.29 is 5.11 Å². The zero-order valence-corrected chi connectivity index (χ0v) is 7.14. The van der Waals surface area contributed by atoms with Crippen molar-refractivity contribution in [2.75, 3.05) is 0 Å². The molecule has 0 aliphatic rings. The van der Waals surface area contributed by atoms with Gasteiger partial charge in [-0.1, -0.05) is 42.5 Å². The van der Waals surface area contributed by atoms with Crippen molar-refractivity contribution in [2.24, 2.45) is 0 Å². The Balaban J connectivity index is 0.000000980. The summed E-state index contributed by atoms with van der Waals surface area (Å²) in [6.45, 7) is 0. The fourth-order valence-electron chi connectivity index (χ4n) is 1.28. The second-order valence-corrected chi connectivity index (χ2v) is 2.91. The standard InChI is InChI=1S/C12H10O.Na.H/c13-12-8-6-11(7-9-12)10-4-2-1-3-5-10;;/h1-9,13H;;. The molecule has 0 spiro atoms. The molecule has 0 heterocycles. The first-order valence-corrected chi connectivity index (χ1v) is 4.21. The summed E-state index contributed by atoms with van der Waals surface area (Å²) in [5.41, 5.74) is 2.29. The molecule has 0 aromatic heterocycles. The minimum atomic E-state index is 0. The van der Waals surface area contributed by atoms with Crippen molar-refractivity contribution in [3.8, 4) is 16.9 Å². The van der Waals surface area contributed by atoms with Crippen LogP contribution < -0.4 is 0 Å². The summed E-state index contributed by atoms with van der Waals surface area (Å²) in [7, 11) is 0. The van der Waals surface area contributed by atoms with Gasteiger partial charge in [0, 0.05) is 0 Å². The predicted molar refractivity (Wildman–Crippen MR) is 60.7 cm³/mol. The number of rotatable bonds is 1. The molecule has 0 aliphatic heterocycles. The van der Waals surface area contributed by atoms with Crippen molar-refractivity contribution in [3.63, 3.8) is 0 Å². The second kappa shape index (κ2) is 5.20. The fourth-order valence-corrected chi connectivity index (χ4v) is 1.28. The summed E-state index contributed by atoms with van der Waals surface area (Å²) in [5.74, 6) is 0.305. The Hall–Kier alpha value is -0.760. The molecule has 2 aromatic carbocycles. The molecule has 2 heteroatoms. The SMILES string of the molecule is Oc1ccc(-c2ccccc2)cc1.[NaH]. The van der Waals surface area contributed by atoms with Gasteiger partial charge in [-0.3, -0.25) is 0 Å². The van der Waals surface area contributed by atoms with Crippen LogP contribution in [-0.4, -0.2) is 34.7 Å². The molecule has 0 radical (unpaired) electrons.